The first kappa shape index (κ1) is 10.4. The van der Waals surface area contributed by atoms with Crippen LogP contribution in [0.2, 0.25) is 5.02 Å². The van der Waals surface area contributed by atoms with Crippen molar-refractivity contribution in [3.05, 3.63) is 33.0 Å². The minimum absolute atomic E-state index is 0.217. The number of rotatable bonds is 2. The van der Waals surface area contributed by atoms with Gasteiger partial charge in [-0.3, -0.25) is 0 Å². The fraction of sp³-hybridized carbons (Fsp3) is 0.400. The van der Waals surface area contributed by atoms with Crippen LogP contribution >= 0.6 is 27.5 Å². The summed E-state index contributed by atoms with van der Waals surface area (Å²) in [6, 6.07) is 3.30. The second-order valence-corrected chi connectivity index (χ2v) is 5.12. The summed E-state index contributed by atoms with van der Waals surface area (Å²) in [6.45, 7) is 0. The zero-order valence-electron chi connectivity index (χ0n) is 7.49. The maximum Gasteiger partial charge on any atom is 0.142 e. The summed E-state index contributed by atoms with van der Waals surface area (Å²) in [6.07, 6.45) is 2.43. The molecule has 14 heavy (non-hydrogen) atoms. The van der Waals surface area contributed by atoms with Crippen molar-refractivity contribution in [1.29, 1.82) is 0 Å². The number of nitrogens with two attached hydrogens (primary N) is 1. The first-order chi connectivity index (χ1) is 6.52. The van der Waals surface area contributed by atoms with Crippen LogP contribution in [-0.2, 0) is 6.42 Å². The van der Waals surface area contributed by atoms with Crippen LogP contribution in [0.15, 0.2) is 16.6 Å². The van der Waals surface area contributed by atoms with Gasteiger partial charge in [0, 0.05) is 16.1 Å². The number of benzene rings is 1. The van der Waals surface area contributed by atoms with Gasteiger partial charge in [-0.25, -0.2) is 4.39 Å². The van der Waals surface area contributed by atoms with Crippen molar-refractivity contribution in [3.63, 3.8) is 0 Å². The quantitative estimate of drug-likeness (QED) is 0.826. The predicted octanol–water partition coefficient (Wildman–Crippen LogP) is 3.28. The maximum atomic E-state index is 13.6. The highest BCUT2D eigenvalue weighted by molar-refractivity contribution is 9.10. The summed E-state index contributed by atoms with van der Waals surface area (Å²) in [5.41, 5.74) is 6.24. The standard InChI is InChI=1S/C10H10BrClFN/c11-7-1-2-8(12)6(9(7)13)5-10(14)3-4-10/h1-2H,3-5,14H2. The molecule has 0 atom stereocenters. The van der Waals surface area contributed by atoms with Gasteiger partial charge in [0.1, 0.15) is 5.82 Å². The molecule has 4 heteroatoms. The Balaban J connectivity index is 2.35. The summed E-state index contributed by atoms with van der Waals surface area (Å²) in [5.74, 6) is -0.283. The van der Waals surface area contributed by atoms with E-state index in [-0.39, 0.29) is 11.4 Å². The number of hydrogen-bond donors (Lipinski definition) is 1. The lowest BCUT2D eigenvalue weighted by Gasteiger charge is -2.11. The monoisotopic (exact) mass is 277 g/mol. The van der Waals surface area contributed by atoms with E-state index in [0.717, 1.165) is 12.8 Å². The Kier molecular flexibility index (Phi) is 2.58. The Morgan fingerprint density at radius 2 is 2.14 bits per heavy atom. The molecular formula is C10H10BrClFN. The van der Waals surface area contributed by atoms with Gasteiger partial charge in [0.2, 0.25) is 0 Å². The molecule has 76 valence electrons. The molecule has 0 amide bonds. The number of halogens is 3. The zero-order chi connectivity index (χ0) is 10.3. The van der Waals surface area contributed by atoms with Gasteiger partial charge in [0.05, 0.1) is 4.47 Å². The molecule has 1 aliphatic rings. The van der Waals surface area contributed by atoms with Crippen LogP contribution in [-0.4, -0.2) is 5.54 Å². The highest BCUT2D eigenvalue weighted by atomic mass is 79.9. The summed E-state index contributed by atoms with van der Waals surface area (Å²) in [4.78, 5) is 0. The fourth-order valence-electron chi connectivity index (χ4n) is 1.42. The van der Waals surface area contributed by atoms with Gasteiger partial charge in [-0.05, 0) is 47.3 Å². The van der Waals surface area contributed by atoms with E-state index in [0.29, 0.717) is 21.5 Å². The van der Waals surface area contributed by atoms with Gasteiger partial charge >= 0.3 is 0 Å². The summed E-state index contributed by atoms with van der Waals surface area (Å²) in [5, 5.41) is 0.461. The molecule has 1 nitrogen and oxygen atoms in total. The normalized spacial score (nSPS) is 18.3. The minimum atomic E-state index is -0.283. The molecule has 0 aliphatic heterocycles. The van der Waals surface area contributed by atoms with Crippen LogP contribution < -0.4 is 5.73 Å². The maximum absolute atomic E-state index is 13.6. The van der Waals surface area contributed by atoms with E-state index < -0.39 is 0 Å². The summed E-state index contributed by atoms with van der Waals surface area (Å²) in [7, 11) is 0. The third kappa shape index (κ3) is 1.95. The zero-order valence-corrected chi connectivity index (χ0v) is 9.83. The molecule has 0 unspecified atom stereocenters. The Labute approximate surface area is 95.6 Å². The molecule has 0 aromatic heterocycles. The van der Waals surface area contributed by atoms with Crippen LogP contribution in [0.25, 0.3) is 0 Å². The van der Waals surface area contributed by atoms with Crippen molar-refractivity contribution in [1.82, 2.24) is 0 Å². The highest BCUT2D eigenvalue weighted by Crippen LogP contribution is 2.38. The fourth-order valence-corrected chi connectivity index (χ4v) is 2.00. The van der Waals surface area contributed by atoms with Crippen LogP contribution in [0.3, 0.4) is 0 Å². The largest absolute Gasteiger partial charge is 0.325 e. The molecular weight excluding hydrogens is 268 g/mol. The van der Waals surface area contributed by atoms with Crippen LogP contribution in [0.4, 0.5) is 4.39 Å². The molecule has 0 bridgehead atoms. The molecule has 0 saturated heterocycles. The minimum Gasteiger partial charge on any atom is -0.325 e. The third-order valence-electron chi connectivity index (χ3n) is 2.56. The molecule has 0 heterocycles. The topological polar surface area (TPSA) is 26.0 Å². The van der Waals surface area contributed by atoms with Crippen molar-refractivity contribution < 1.29 is 4.39 Å². The van der Waals surface area contributed by atoms with Gasteiger partial charge in [0.15, 0.2) is 0 Å². The van der Waals surface area contributed by atoms with E-state index >= 15 is 0 Å². The molecule has 1 aliphatic carbocycles. The lowest BCUT2D eigenvalue weighted by atomic mass is 10.0. The van der Waals surface area contributed by atoms with Gasteiger partial charge in [-0.15, -0.1) is 0 Å². The lowest BCUT2D eigenvalue weighted by molar-refractivity contribution is 0.577. The molecule has 1 aromatic rings. The van der Waals surface area contributed by atoms with Crippen molar-refractivity contribution in [2.24, 2.45) is 5.73 Å². The second kappa shape index (κ2) is 3.47. The van der Waals surface area contributed by atoms with Gasteiger partial charge < -0.3 is 5.73 Å². The Bertz CT molecular complexity index is 377. The van der Waals surface area contributed by atoms with Crippen molar-refractivity contribution in [3.8, 4) is 0 Å². The Morgan fingerprint density at radius 1 is 1.50 bits per heavy atom. The molecule has 1 saturated carbocycles. The smallest absolute Gasteiger partial charge is 0.142 e. The van der Waals surface area contributed by atoms with Crippen LogP contribution in [0.1, 0.15) is 18.4 Å². The lowest BCUT2D eigenvalue weighted by Crippen LogP contribution is -2.25. The average molecular weight is 279 g/mol. The van der Waals surface area contributed by atoms with E-state index in [1.165, 1.54) is 0 Å². The summed E-state index contributed by atoms with van der Waals surface area (Å²) < 4.78 is 14.1. The number of hydrogen-bond acceptors (Lipinski definition) is 1. The van der Waals surface area contributed by atoms with Gasteiger partial charge in [0.25, 0.3) is 0 Å². The van der Waals surface area contributed by atoms with Crippen LogP contribution in [0, 0.1) is 5.82 Å². The van der Waals surface area contributed by atoms with Gasteiger partial charge in [-0.2, -0.15) is 0 Å². The Morgan fingerprint density at radius 3 is 2.71 bits per heavy atom. The average Bonchev–Trinajstić information content (AvgIpc) is 2.86. The molecule has 2 N–H and O–H groups in total. The van der Waals surface area contributed by atoms with Crippen LogP contribution in [0.5, 0.6) is 0 Å². The second-order valence-electron chi connectivity index (χ2n) is 3.86. The molecule has 1 aromatic carbocycles. The van der Waals surface area contributed by atoms with E-state index in [1.54, 1.807) is 12.1 Å². The molecule has 0 radical (unpaired) electrons. The highest BCUT2D eigenvalue weighted by Gasteiger charge is 2.39. The van der Waals surface area contributed by atoms with Gasteiger partial charge in [-0.1, -0.05) is 11.6 Å². The molecule has 0 spiro atoms. The SMILES string of the molecule is NC1(Cc2c(Cl)ccc(Br)c2F)CC1. The van der Waals surface area contributed by atoms with Crippen molar-refractivity contribution in [2.45, 2.75) is 24.8 Å². The first-order valence-electron chi connectivity index (χ1n) is 4.43. The predicted molar refractivity (Wildman–Crippen MR) is 59.0 cm³/mol. The Hall–Kier alpha value is -0.120. The molecule has 2 rings (SSSR count). The first-order valence-corrected chi connectivity index (χ1v) is 5.60. The van der Waals surface area contributed by atoms with Crippen molar-refractivity contribution in [2.75, 3.05) is 0 Å². The molecule has 1 fully saturated rings. The van der Waals surface area contributed by atoms with E-state index in [2.05, 4.69) is 15.9 Å². The third-order valence-corrected chi connectivity index (χ3v) is 3.53. The van der Waals surface area contributed by atoms with Crippen molar-refractivity contribution >= 4 is 27.5 Å². The van der Waals surface area contributed by atoms with E-state index in [4.69, 9.17) is 17.3 Å². The van der Waals surface area contributed by atoms with E-state index in [9.17, 15) is 4.39 Å². The van der Waals surface area contributed by atoms with E-state index in [1.807, 2.05) is 0 Å². The summed E-state index contributed by atoms with van der Waals surface area (Å²) >= 11 is 9.05.